The number of thioether (sulfide) groups is 1. The lowest BCUT2D eigenvalue weighted by Gasteiger charge is -2.21. The lowest BCUT2D eigenvalue weighted by molar-refractivity contribution is -0.119. The van der Waals surface area contributed by atoms with Gasteiger partial charge in [-0.1, -0.05) is 11.8 Å². The first kappa shape index (κ1) is 21.3. The number of nitrogens with zero attached hydrogens (tertiary/aromatic N) is 3. The monoisotopic (exact) mass is 446 g/mol. The number of carbonyl (C=O) groups excluding carboxylic acids is 1. The lowest BCUT2D eigenvalue weighted by Crippen LogP contribution is -2.45. The lowest BCUT2D eigenvalue weighted by atomic mass is 9.97. The first-order valence-corrected chi connectivity index (χ1v) is 12.3. The van der Waals surface area contributed by atoms with Crippen molar-refractivity contribution in [1.29, 1.82) is 5.26 Å². The molecular weight excluding hydrogens is 420 g/mol. The number of hydrogen-bond donors (Lipinski definition) is 1. The zero-order chi connectivity index (χ0) is 21.1. The van der Waals surface area contributed by atoms with Crippen LogP contribution in [0, 0.1) is 11.3 Å². The van der Waals surface area contributed by atoms with E-state index in [-0.39, 0.29) is 17.2 Å². The van der Waals surface area contributed by atoms with Gasteiger partial charge in [0, 0.05) is 12.0 Å². The molecule has 1 fully saturated rings. The molecule has 0 aliphatic heterocycles. The van der Waals surface area contributed by atoms with E-state index in [1.807, 2.05) is 0 Å². The standard InChI is InChI=1S/C21H26N4O3S2/c1-28-11-10-25-19(27)17-14-6-2-3-7-15(14)30-18(17)23-20(25)29-12-16(26)24-21(13-22)8-4-5-9-21/h2-12H2,1H3,(H,24,26). The number of methoxy groups -OCH3 is 1. The summed E-state index contributed by atoms with van der Waals surface area (Å²) in [6, 6.07) is 2.28. The molecule has 0 saturated heterocycles. The fourth-order valence-electron chi connectivity index (χ4n) is 4.39. The first-order valence-electron chi connectivity index (χ1n) is 10.5. The molecule has 0 radical (unpaired) electrons. The van der Waals surface area contributed by atoms with E-state index >= 15 is 0 Å². The van der Waals surface area contributed by atoms with Gasteiger partial charge in [-0.3, -0.25) is 14.2 Å². The van der Waals surface area contributed by atoms with Gasteiger partial charge in [0.1, 0.15) is 10.4 Å². The van der Waals surface area contributed by atoms with Crippen LogP contribution in [0.4, 0.5) is 0 Å². The Hall–Kier alpha value is -1.89. The van der Waals surface area contributed by atoms with Crippen molar-refractivity contribution >= 4 is 39.2 Å². The van der Waals surface area contributed by atoms with Crippen LogP contribution in [0.3, 0.4) is 0 Å². The van der Waals surface area contributed by atoms with Crippen molar-refractivity contribution < 1.29 is 9.53 Å². The van der Waals surface area contributed by atoms with Gasteiger partial charge in [0.25, 0.3) is 5.56 Å². The first-order chi connectivity index (χ1) is 14.6. The number of rotatable bonds is 7. The highest BCUT2D eigenvalue weighted by molar-refractivity contribution is 7.99. The molecule has 2 aromatic rings. The van der Waals surface area contributed by atoms with Crippen LogP contribution in [-0.4, -0.2) is 40.5 Å². The molecule has 30 heavy (non-hydrogen) atoms. The Balaban J connectivity index is 1.60. The second kappa shape index (κ2) is 9.08. The maximum atomic E-state index is 13.3. The van der Waals surface area contributed by atoms with E-state index in [2.05, 4.69) is 11.4 Å². The Labute approximate surface area is 183 Å². The molecule has 2 heterocycles. The summed E-state index contributed by atoms with van der Waals surface area (Å²) in [5.74, 6) is -0.0685. The number of aromatic nitrogens is 2. The summed E-state index contributed by atoms with van der Waals surface area (Å²) in [6.45, 7) is 0.797. The van der Waals surface area contributed by atoms with E-state index in [1.165, 1.54) is 16.6 Å². The van der Waals surface area contributed by atoms with Crippen molar-refractivity contribution in [3.8, 4) is 6.07 Å². The van der Waals surface area contributed by atoms with Gasteiger partial charge in [-0.05, 0) is 56.9 Å². The van der Waals surface area contributed by atoms with E-state index in [1.54, 1.807) is 23.0 Å². The van der Waals surface area contributed by atoms with Crippen molar-refractivity contribution in [2.75, 3.05) is 19.5 Å². The minimum Gasteiger partial charge on any atom is -0.383 e. The molecule has 9 heteroatoms. The number of amides is 1. The van der Waals surface area contributed by atoms with Crippen LogP contribution < -0.4 is 10.9 Å². The van der Waals surface area contributed by atoms with Crippen molar-refractivity contribution in [2.24, 2.45) is 0 Å². The van der Waals surface area contributed by atoms with E-state index in [0.29, 0.717) is 31.1 Å². The highest BCUT2D eigenvalue weighted by Gasteiger charge is 2.35. The average Bonchev–Trinajstić information content (AvgIpc) is 3.36. The predicted molar refractivity (Wildman–Crippen MR) is 118 cm³/mol. The maximum Gasteiger partial charge on any atom is 0.263 e. The average molecular weight is 447 g/mol. The second-order valence-corrected chi connectivity index (χ2v) is 10.00. The largest absolute Gasteiger partial charge is 0.383 e. The number of nitrogens with one attached hydrogen (secondary N) is 1. The zero-order valence-electron chi connectivity index (χ0n) is 17.2. The van der Waals surface area contributed by atoms with Crippen LogP contribution >= 0.6 is 23.1 Å². The van der Waals surface area contributed by atoms with Gasteiger partial charge in [-0.15, -0.1) is 11.3 Å². The van der Waals surface area contributed by atoms with Gasteiger partial charge in [-0.25, -0.2) is 4.98 Å². The minimum atomic E-state index is -0.739. The van der Waals surface area contributed by atoms with Gasteiger partial charge in [0.15, 0.2) is 5.16 Å². The van der Waals surface area contributed by atoms with Gasteiger partial charge in [-0.2, -0.15) is 5.26 Å². The van der Waals surface area contributed by atoms with E-state index < -0.39 is 5.54 Å². The summed E-state index contributed by atoms with van der Waals surface area (Å²) in [5, 5.41) is 13.7. The van der Waals surface area contributed by atoms with E-state index in [0.717, 1.165) is 54.3 Å². The number of carbonyl (C=O) groups is 1. The molecule has 2 aliphatic rings. The molecule has 2 aliphatic carbocycles. The van der Waals surface area contributed by atoms with Crippen LogP contribution in [0.1, 0.15) is 49.0 Å². The zero-order valence-corrected chi connectivity index (χ0v) is 18.8. The predicted octanol–water partition coefficient (Wildman–Crippen LogP) is 3.03. The van der Waals surface area contributed by atoms with Crippen LogP contribution in [0.2, 0.25) is 0 Å². The van der Waals surface area contributed by atoms with Gasteiger partial charge >= 0.3 is 0 Å². The van der Waals surface area contributed by atoms with Crippen LogP contribution in [0.15, 0.2) is 9.95 Å². The number of fused-ring (bicyclic) bond motifs is 3. The molecule has 0 unspecified atom stereocenters. The van der Waals surface area contributed by atoms with Crippen LogP contribution in [0.25, 0.3) is 10.2 Å². The highest BCUT2D eigenvalue weighted by Crippen LogP contribution is 2.35. The van der Waals surface area contributed by atoms with Crippen molar-refractivity contribution in [3.63, 3.8) is 0 Å². The Bertz CT molecular complexity index is 1050. The second-order valence-electron chi connectivity index (χ2n) is 7.97. The summed E-state index contributed by atoms with van der Waals surface area (Å²) in [5.41, 5.74) is 0.387. The summed E-state index contributed by atoms with van der Waals surface area (Å²) in [7, 11) is 1.60. The van der Waals surface area contributed by atoms with Gasteiger partial charge in [0.05, 0.1) is 30.4 Å². The van der Waals surface area contributed by atoms with Crippen LogP contribution in [-0.2, 0) is 28.9 Å². The highest BCUT2D eigenvalue weighted by atomic mass is 32.2. The Kier molecular flexibility index (Phi) is 6.46. The molecule has 1 amide bonds. The fourth-order valence-corrected chi connectivity index (χ4v) is 6.51. The Morgan fingerprint density at radius 2 is 2.10 bits per heavy atom. The molecule has 7 nitrogen and oxygen atoms in total. The molecule has 0 atom stereocenters. The summed E-state index contributed by atoms with van der Waals surface area (Å²) in [4.78, 5) is 32.7. The Morgan fingerprint density at radius 3 is 2.83 bits per heavy atom. The number of nitriles is 1. The third-order valence-electron chi connectivity index (χ3n) is 5.94. The molecule has 4 rings (SSSR count). The quantitative estimate of drug-likeness (QED) is 0.519. The van der Waals surface area contributed by atoms with Crippen LogP contribution in [0.5, 0.6) is 0 Å². The van der Waals surface area contributed by atoms with E-state index in [9.17, 15) is 14.9 Å². The molecule has 2 aromatic heterocycles. The number of hydrogen-bond acceptors (Lipinski definition) is 7. The number of aryl methyl sites for hydroxylation is 2. The molecule has 160 valence electrons. The fraction of sp³-hybridized carbons (Fsp3) is 0.619. The summed E-state index contributed by atoms with van der Waals surface area (Å²) in [6.07, 6.45) is 7.51. The third kappa shape index (κ3) is 4.13. The van der Waals surface area contributed by atoms with Gasteiger partial charge < -0.3 is 10.1 Å². The smallest absolute Gasteiger partial charge is 0.263 e. The van der Waals surface area contributed by atoms with Crippen molar-refractivity contribution in [3.05, 3.63) is 20.8 Å². The SMILES string of the molecule is COCCn1c(SCC(=O)NC2(C#N)CCCC2)nc2sc3c(c2c1=O)CCCC3. The molecule has 0 aromatic carbocycles. The molecule has 0 bridgehead atoms. The topological polar surface area (TPSA) is 97.0 Å². The van der Waals surface area contributed by atoms with E-state index in [4.69, 9.17) is 9.72 Å². The molecular formula is C21H26N4O3S2. The minimum absolute atomic E-state index is 0.0383. The number of ether oxygens (including phenoxy) is 1. The third-order valence-corrected chi connectivity index (χ3v) is 8.10. The Morgan fingerprint density at radius 1 is 1.33 bits per heavy atom. The normalized spacial score (nSPS) is 17.6. The molecule has 1 N–H and O–H groups in total. The summed E-state index contributed by atoms with van der Waals surface area (Å²) >= 11 is 2.87. The maximum absolute atomic E-state index is 13.3. The summed E-state index contributed by atoms with van der Waals surface area (Å²) < 4.78 is 6.83. The number of thiophene rings is 1. The van der Waals surface area contributed by atoms with Crippen molar-refractivity contribution in [1.82, 2.24) is 14.9 Å². The molecule has 1 saturated carbocycles. The van der Waals surface area contributed by atoms with Crippen molar-refractivity contribution in [2.45, 2.75) is 68.6 Å². The molecule has 0 spiro atoms. The van der Waals surface area contributed by atoms with Gasteiger partial charge in [0.2, 0.25) is 5.91 Å².